The number of hydrogen-bond acceptors (Lipinski definition) is 4. The van der Waals surface area contributed by atoms with E-state index in [2.05, 4.69) is 5.32 Å². The van der Waals surface area contributed by atoms with Crippen molar-refractivity contribution in [2.75, 3.05) is 32.8 Å². The van der Waals surface area contributed by atoms with Crippen LogP contribution in [0.5, 0.6) is 5.75 Å². The molecule has 1 saturated heterocycles. The maximum Gasteiger partial charge on any atom is 0.409 e. The van der Waals surface area contributed by atoms with Gasteiger partial charge in [-0.05, 0) is 31.9 Å². The highest BCUT2D eigenvalue weighted by atomic mass is 19.1. The molecule has 1 N–H and O–H groups in total. The first-order valence-electron chi connectivity index (χ1n) is 7.73. The number of carbonyl (C=O) groups is 1. The van der Waals surface area contributed by atoms with Gasteiger partial charge in [0.2, 0.25) is 0 Å². The molecule has 1 heterocycles. The summed E-state index contributed by atoms with van der Waals surface area (Å²) >= 11 is 0. The number of ether oxygens (including phenoxy) is 2. The number of benzene rings is 1. The summed E-state index contributed by atoms with van der Waals surface area (Å²) in [5, 5.41) is 3.38. The van der Waals surface area contributed by atoms with E-state index in [0.717, 1.165) is 12.8 Å². The SMILES string of the molecule is CCOC(=O)N1CCC(NCCOc2ccccc2F)CC1. The first-order chi connectivity index (χ1) is 10.7. The van der Waals surface area contributed by atoms with Crippen molar-refractivity contribution in [2.24, 2.45) is 0 Å². The summed E-state index contributed by atoms with van der Waals surface area (Å²) < 4.78 is 23.7. The van der Waals surface area contributed by atoms with Gasteiger partial charge in [0.25, 0.3) is 0 Å². The summed E-state index contributed by atoms with van der Waals surface area (Å²) in [7, 11) is 0. The number of likely N-dealkylation sites (tertiary alicyclic amines) is 1. The molecule has 1 aromatic rings. The summed E-state index contributed by atoms with van der Waals surface area (Å²) in [5.41, 5.74) is 0. The van der Waals surface area contributed by atoms with Crippen molar-refractivity contribution in [1.29, 1.82) is 0 Å². The van der Waals surface area contributed by atoms with Crippen LogP contribution in [-0.2, 0) is 4.74 Å². The third kappa shape index (κ3) is 4.87. The Morgan fingerprint density at radius 1 is 1.36 bits per heavy atom. The van der Waals surface area contributed by atoms with Gasteiger partial charge in [-0.2, -0.15) is 0 Å². The number of piperidine rings is 1. The maximum atomic E-state index is 13.4. The first kappa shape index (κ1) is 16.5. The molecule has 0 aromatic heterocycles. The summed E-state index contributed by atoms with van der Waals surface area (Å²) in [6.45, 7) is 4.68. The molecular formula is C16H23FN2O3. The number of nitrogens with zero attached hydrogens (tertiary/aromatic N) is 1. The van der Waals surface area contributed by atoms with E-state index in [9.17, 15) is 9.18 Å². The zero-order valence-electron chi connectivity index (χ0n) is 12.9. The average Bonchev–Trinajstić information content (AvgIpc) is 2.54. The van der Waals surface area contributed by atoms with Crippen LogP contribution in [0.3, 0.4) is 0 Å². The second-order valence-electron chi connectivity index (χ2n) is 5.19. The molecule has 0 aliphatic carbocycles. The van der Waals surface area contributed by atoms with Crippen LogP contribution in [0, 0.1) is 5.82 Å². The van der Waals surface area contributed by atoms with Gasteiger partial charge in [0.15, 0.2) is 11.6 Å². The highest BCUT2D eigenvalue weighted by Gasteiger charge is 2.22. The van der Waals surface area contributed by atoms with Crippen molar-refractivity contribution in [3.05, 3.63) is 30.1 Å². The normalized spacial score (nSPS) is 15.6. The van der Waals surface area contributed by atoms with Gasteiger partial charge >= 0.3 is 6.09 Å². The lowest BCUT2D eigenvalue weighted by Gasteiger charge is -2.31. The summed E-state index contributed by atoms with van der Waals surface area (Å²) in [4.78, 5) is 13.3. The molecule has 1 fully saturated rings. The Balaban J connectivity index is 1.61. The number of hydrogen-bond donors (Lipinski definition) is 1. The van der Waals surface area contributed by atoms with E-state index >= 15 is 0 Å². The standard InChI is InChI=1S/C16H23FN2O3/c1-2-21-16(20)19-10-7-13(8-11-19)18-9-12-22-15-6-4-3-5-14(15)17/h3-6,13,18H,2,7-12H2,1H3. The number of nitrogens with one attached hydrogen (secondary N) is 1. The molecule has 22 heavy (non-hydrogen) atoms. The van der Waals surface area contributed by atoms with Crippen molar-refractivity contribution in [3.63, 3.8) is 0 Å². The highest BCUT2D eigenvalue weighted by Crippen LogP contribution is 2.15. The Labute approximate surface area is 130 Å². The number of carbonyl (C=O) groups excluding carboxylic acids is 1. The Hall–Kier alpha value is -1.82. The van der Waals surface area contributed by atoms with E-state index in [0.29, 0.717) is 38.9 Å². The van der Waals surface area contributed by atoms with Gasteiger partial charge < -0.3 is 19.7 Å². The quantitative estimate of drug-likeness (QED) is 0.820. The van der Waals surface area contributed by atoms with Crippen LogP contribution in [0.25, 0.3) is 0 Å². The fourth-order valence-electron chi connectivity index (χ4n) is 2.47. The van der Waals surface area contributed by atoms with E-state index in [4.69, 9.17) is 9.47 Å². The number of amides is 1. The Morgan fingerprint density at radius 2 is 2.09 bits per heavy atom. The van der Waals surface area contributed by atoms with Crippen molar-refractivity contribution in [2.45, 2.75) is 25.8 Å². The van der Waals surface area contributed by atoms with Gasteiger partial charge in [0.05, 0.1) is 6.61 Å². The van der Waals surface area contributed by atoms with E-state index in [1.165, 1.54) is 6.07 Å². The molecule has 122 valence electrons. The lowest BCUT2D eigenvalue weighted by molar-refractivity contribution is 0.0947. The lowest BCUT2D eigenvalue weighted by Crippen LogP contribution is -2.45. The minimum atomic E-state index is -0.342. The number of para-hydroxylation sites is 1. The highest BCUT2D eigenvalue weighted by molar-refractivity contribution is 5.67. The Morgan fingerprint density at radius 3 is 2.77 bits per heavy atom. The third-order valence-corrected chi connectivity index (χ3v) is 3.65. The minimum Gasteiger partial charge on any atom is -0.489 e. The van der Waals surface area contributed by atoms with Crippen LogP contribution in [0.1, 0.15) is 19.8 Å². The van der Waals surface area contributed by atoms with E-state index < -0.39 is 0 Å². The van der Waals surface area contributed by atoms with E-state index in [1.54, 1.807) is 23.1 Å². The van der Waals surface area contributed by atoms with Crippen LogP contribution in [-0.4, -0.2) is 49.9 Å². The van der Waals surface area contributed by atoms with Crippen LogP contribution < -0.4 is 10.1 Å². The summed E-state index contributed by atoms with van der Waals surface area (Å²) in [5.74, 6) is -0.0633. The fourth-order valence-corrected chi connectivity index (χ4v) is 2.47. The third-order valence-electron chi connectivity index (χ3n) is 3.65. The molecule has 6 heteroatoms. The molecule has 1 amide bonds. The molecule has 1 aromatic carbocycles. The van der Waals surface area contributed by atoms with Crippen LogP contribution in [0.4, 0.5) is 9.18 Å². The van der Waals surface area contributed by atoms with Gasteiger partial charge in [0, 0.05) is 25.7 Å². The second kappa shape index (κ2) is 8.58. The predicted molar refractivity (Wildman–Crippen MR) is 81.5 cm³/mol. The minimum absolute atomic E-state index is 0.233. The van der Waals surface area contributed by atoms with Gasteiger partial charge in [-0.15, -0.1) is 0 Å². The molecule has 0 spiro atoms. The van der Waals surface area contributed by atoms with Crippen LogP contribution >= 0.6 is 0 Å². The summed E-state index contributed by atoms with van der Waals surface area (Å²) in [6.07, 6.45) is 1.54. The van der Waals surface area contributed by atoms with Crippen molar-refractivity contribution < 1.29 is 18.7 Å². The zero-order chi connectivity index (χ0) is 15.8. The Kier molecular flexibility index (Phi) is 6.45. The largest absolute Gasteiger partial charge is 0.489 e. The fraction of sp³-hybridized carbons (Fsp3) is 0.562. The second-order valence-corrected chi connectivity index (χ2v) is 5.19. The Bertz CT molecular complexity index is 476. The summed E-state index contributed by atoms with van der Waals surface area (Å²) in [6, 6.07) is 6.74. The van der Waals surface area contributed by atoms with E-state index in [-0.39, 0.29) is 17.7 Å². The first-order valence-corrected chi connectivity index (χ1v) is 7.73. The molecule has 0 unspecified atom stereocenters. The van der Waals surface area contributed by atoms with Crippen molar-refractivity contribution >= 4 is 6.09 Å². The molecule has 2 rings (SSSR count). The van der Waals surface area contributed by atoms with Crippen molar-refractivity contribution in [3.8, 4) is 5.75 Å². The molecule has 0 bridgehead atoms. The molecular weight excluding hydrogens is 287 g/mol. The molecule has 0 atom stereocenters. The predicted octanol–water partition coefficient (Wildman–Crippen LogP) is 2.42. The smallest absolute Gasteiger partial charge is 0.409 e. The van der Waals surface area contributed by atoms with Gasteiger partial charge in [-0.1, -0.05) is 12.1 Å². The zero-order valence-corrected chi connectivity index (χ0v) is 12.9. The number of halogens is 1. The lowest BCUT2D eigenvalue weighted by atomic mass is 10.1. The molecule has 1 aliphatic heterocycles. The average molecular weight is 310 g/mol. The topological polar surface area (TPSA) is 50.8 Å². The van der Waals surface area contributed by atoms with Gasteiger partial charge in [-0.25, -0.2) is 9.18 Å². The van der Waals surface area contributed by atoms with Crippen LogP contribution in [0.2, 0.25) is 0 Å². The molecule has 0 saturated carbocycles. The van der Waals surface area contributed by atoms with E-state index in [1.807, 2.05) is 6.92 Å². The van der Waals surface area contributed by atoms with Crippen molar-refractivity contribution in [1.82, 2.24) is 10.2 Å². The molecule has 1 aliphatic rings. The van der Waals surface area contributed by atoms with Crippen LogP contribution in [0.15, 0.2) is 24.3 Å². The maximum absolute atomic E-state index is 13.4. The number of rotatable bonds is 6. The van der Waals surface area contributed by atoms with Gasteiger partial charge in [0.1, 0.15) is 6.61 Å². The molecule has 0 radical (unpaired) electrons. The monoisotopic (exact) mass is 310 g/mol. The van der Waals surface area contributed by atoms with Gasteiger partial charge in [-0.3, -0.25) is 0 Å². The molecule has 5 nitrogen and oxygen atoms in total.